The van der Waals surface area contributed by atoms with Gasteiger partial charge < -0.3 is 9.64 Å². The van der Waals surface area contributed by atoms with Crippen LogP contribution in [0.1, 0.15) is 23.3 Å². The average molecular weight is 254 g/mol. The molecule has 0 aromatic carbocycles. The molecule has 5 nitrogen and oxygen atoms in total. The van der Waals surface area contributed by atoms with Crippen molar-refractivity contribution in [1.29, 1.82) is 0 Å². The van der Waals surface area contributed by atoms with E-state index in [2.05, 4.69) is 10.2 Å². The van der Waals surface area contributed by atoms with E-state index in [1.54, 1.807) is 17.0 Å². The van der Waals surface area contributed by atoms with Crippen LogP contribution in [0.4, 0.5) is 0 Å². The first-order valence-corrected chi connectivity index (χ1v) is 6.04. The van der Waals surface area contributed by atoms with Crippen LogP contribution in [0.2, 0.25) is 5.15 Å². The number of likely N-dealkylation sites (tertiary alicyclic amines) is 1. The molecule has 2 atom stereocenters. The summed E-state index contributed by atoms with van der Waals surface area (Å²) in [6.07, 6.45) is 2.47. The van der Waals surface area contributed by atoms with Gasteiger partial charge in [-0.3, -0.25) is 4.79 Å². The van der Waals surface area contributed by atoms with E-state index in [4.69, 9.17) is 16.3 Å². The van der Waals surface area contributed by atoms with Gasteiger partial charge in [-0.15, -0.1) is 10.2 Å². The number of amides is 1. The van der Waals surface area contributed by atoms with E-state index in [1.807, 2.05) is 0 Å². The van der Waals surface area contributed by atoms with E-state index in [0.29, 0.717) is 23.9 Å². The zero-order valence-electron chi connectivity index (χ0n) is 9.17. The third kappa shape index (κ3) is 2.12. The van der Waals surface area contributed by atoms with Crippen molar-refractivity contribution >= 4 is 17.5 Å². The molecule has 0 spiro atoms. The molecule has 2 bridgehead atoms. The van der Waals surface area contributed by atoms with Crippen LogP contribution in [0.25, 0.3) is 0 Å². The molecule has 2 aliphatic heterocycles. The molecule has 1 aromatic rings. The topological polar surface area (TPSA) is 55.3 Å². The lowest BCUT2D eigenvalue weighted by atomic mass is 10.2. The van der Waals surface area contributed by atoms with E-state index in [-0.39, 0.29) is 18.1 Å². The van der Waals surface area contributed by atoms with E-state index >= 15 is 0 Å². The average Bonchev–Trinajstić information content (AvgIpc) is 2.68. The van der Waals surface area contributed by atoms with Gasteiger partial charge in [0.15, 0.2) is 10.8 Å². The Morgan fingerprint density at radius 1 is 1.29 bits per heavy atom. The molecule has 6 heteroatoms. The van der Waals surface area contributed by atoms with Crippen LogP contribution in [0, 0.1) is 0 Å². The molecular formula is C11H12ClN3O2. The summed E-state index contributed by atoms with van der Waals surface area (Å²) >= 11 is 5.64. The van der Waals surface area contributed by atoms with Crippen molar-refractivity contribution in [3.8, 4) is 0 Å². The van der Waals surface area contributed by atoms with Crippen molar-refractivity contribution in [2.24, 2.45) is 0 Å². The van der Waals surface area contributed by atoms with Crippen LogP contribution in [-0.2, 0) is 4.74 Å². The minimum absolute atomic E-state index is 0.0885. The van der Waals surface area contributed by atoms with Crippen LogP contribution in [0.15, 0.2) is 12.1 Å². The number of rotatable bonds is 1. The summed E-state index contributed by atoms with van der Waals surface area (Å²) in [4.78, 5) is 14.0. The van der Waals surface area contributed by atoms with Gasteiger partial charge in [-0.05, 0) is 25.0 Å². The molecule has 1 amide bonds. The molecule has 0 saturated carbocycles. The Hall–Kier alpha value is -1.20. The van der Waals surface area contributed by atoms with Crippen LogP contribution >= 0.6 is 11.6 Å². The second-order valence-electron chi connectivity index (χ2n) is 4.41. The van der Waals surface area contributed by atoms with Crippen LogP contribution in [-0.4, -0.2) is 46.3 Å². The van der Waals surface area contributed by atoms with Crippen LogP contribution in [0.3, 0.4) is 0 Å². The summed E-state index contributed by atoms with van der Waals surface area (Å²) in [5, 5.41) is 7.79. The van der Waals surface area contributed by atoms with Gasteiger partial charge in [0.1, 0.15) is 0 Å². The number of ether oxygens (including phenoxy) is 1. The van der Waals surface area contributed by atoms with E-state index < -0.39 is 0 Å². The van der Waals surface area contributed by atoms with Crippen molar-refractivity contribution in [3.05, 3.63) is 23.0 Å². The molecule has 1 aromatic heterocycles. The number of morpholine rings is 1. The maximum Gasteiger partial charge on any atom is 0.274 e. The molecule has 0 aliphatic carbocycles. The fourth-order valence-electron chi connectivity index (χ4n) is 2.37. The number of halogens is 1. The van der Waals surface area contributed by atoms with Gasteiger partial charge in [0.05, 0.1) is 12.2 Å². The molecule has 2 aliphatic rings. The molecule has 0 N–H and O–H groups in total. The van der Waals surface area contributed by atoms with Crippen molar-refractivity contribution in [3.63, 3.8) is 0 Å². The highest BCUT2D eigenvalue weighted by Gasteiger charge is 2.36. The Bertz CT molecular complexity index is 425. The normalized spacial score (nSPS) is 27.2. The molecule has 90 valence electrons. The molecule has 2 saturated heterocycles. The first-order valence-electron chi connectivity index (χ1n) is 5.66. The number of aromatic nitrogens is 2. The lowest BCUT2D eigenvalue weighted by Gasteiger charge is -2.31. The Kier molecular flexibility index (Phi) is 2.72. The molecule has 3 heterocycles. The number of hydrogen-bond donors (Lipinski definition) is 0. The molecule has 0 radical (unpaired) electrons. The quantitative estimate of drug-likeness (QED) is 0.753. The summed E-state index contributed by atoms with van der Waals surface area (Å²) in [6.45, 7) is 1.30. The third-order valence-electron chi connectivity index (χ3n) is 3.18. The molecule has 2 fully saturated rings. The Labute approximate surface area is 104 Å². The molecular weight excluding hydrogens is 242 g/mol. The first kappa shape index (κ1) is 10.9. The zero-order chi connectivity index (χ0) is 11.8. The maximum atomic E-state index is 12.2. The maximum absolute atomic E-state index is 12.2. The summed E-state index contributed by atoms with van der Waals surface area (Å²) in [7, 11) is 0. The predicted molar refractivity (Wildman–Crippen MR) is 60.8 cm³/mol. The van der Waals surface area contributed by atoms with Gasteiger partial charge in [0.2, 0.25) is 0 Å². The van der Waals surface area contributed by atoms with Crippen molar-refractivity contribution in [2.45, 2.75) is 25.0 Å². The number of nitrogens with zero attached hydrogens (tertiary/aromatic N) is 3. The van der Waals surface area contributed by atoms with Crippen molar-refractivity contribution in [1.82, 2.24) is 15.1 Å². The van der Waals surface area contributed by atoms with Crippen LogP contribution < -0.4 is 0 Å². The van der Waals surface area contributed by atoms with E-state index in [9.17, 15) is 4.79 Å². The summed E-state index contributed by atoms with van der Waals surface area (Å²) < 4.78 is 5.68. The van der Waals surface area contributed by atoms with Gasteiger partial charge in [0, 0.05) is 13.1 Å². The number of carbonyl (C=O) groups excluding carboxylic acids is 1. The highest BCUT2D eigenvalue weighted by Crippen LogP contribution is 2.26. The Morgan fingerprint density at radius 2 is 2.00 bits per heavy atom. The monoisotopic (exact) mass is 253 g/mol. The lowest BCUT2D eigenvalue weighted by molar-refractivity contribution is -0.0305. The third-order valence-corrected chi connectivity index (χ3v) is 3.38. The highest BCUT2D eigenvalue weighted by atomic mass is 35.5. The fraction of sp³-hybridized carbons (Fsp3) is 0.545. The lowest BCUT2D eigenvalue weighted by Crippen LogP contribution is -2.46. The SMILES string of the molecule is O=C(c1ccc(Cl)nn1)N1CC2CCC(C1)O2. The molecule has 3 rings (SSSR count). The second-order valence-corrected chi connectivity index (χ2v) is 4.80. The molecule has 2 unspecified atom stereocenters. The first-order chi connectivity index (χ1) is 8.22. The van der Waals surface area contributed by atoms with Gasteiger partial charge in [-0.1, -0.05) is 11.6 Å². The largest absolute Gasteiger partial charge is 0.371 e. The smallest absolute Gasteiger partial charge is 0.274 e. The standard InChI is InChI=1S/C11H12ClN3O2/c12-10-4-3-9(13-14-10)11(16)15-5-7-1-2-8(6-15)17-7/h3-4,7-8H,1-2,5-6H2. The fourth-order valence-corrected chi connectivity index (χ4v) is 2.47. The second kappa shape index (κ2) is 4.23. The zero-order valence-corrected chi connectivity index (χ0v) is 9.93. The predicted octanol–water partition coefficient (Wildman–Crippen LogP) is 1.13. The van der Waals surface area contributed by atoms with Crippen LogP contribution in [0.5, 0.6) is 0 Å². The van der Waals surface area contributed by atoms with Gasteiger partial charge in [-0.2, -0.15) is 0 Å². The molecule has 17 heavy (non-hydrogen) atoms. The van der Waals surface area contributed by atoms with Crippen molar-refractivity contribution in [2.75, 3.05) is 13.1 Å². The highest BCUT2D eigenvalue weighted by molar-refractivity contribution is 6.29. The van der Waals surface area contributed by atoms with Crippen molar-refractivity contribution < 1.29 is 9.53 Å². The number of fused-ring (bicyclic) bond motifs is 2. The minimum atomic E-state index is -0.0885. The Morgan fingerprint density at radius 3 is 2.59 bits per heavy atom. The van der Waals surface area contributed by atoms with Gasteiger partial charge in [0.25, 0.3) is 5.91 Å². The number of carbonyl (C=O) groups is 1. The summed E-state index contributed by atoms with van der Waals surface area (Å²) in [6, 6.07) is 3.19. The summed E-state index contributed by atoms with van der Waals surface area (Å²) in [5.74, 6) is -0.0885. The summed E-state index contributed by atoms with van der Waals surface area (Å²) in [5.41, 5.74) is 0.343. The van der Waals surface area contributed by atoms with Gasteiger partial charge in [-0.25, -0.2) is 0 Å². The van der Waals surface area contributed by atoms with Gasteiger partial charge >= 0.3 is 0 Å². The Balaban J connectivity index is 1.76. The van der Waals surface area contributed by atoms with E-state index in [1.165, 1.54) is 0 Å². The minimum Gasteiger partial charge on any atom is -0.371 e. The van der Waals surface area contributed by atoms with E-state index in [0.717, 1.165) is 12.8 Å². The number of hydrogen-bond acceptors (Lipinski definition) is 4.